The molecule has 1 atom stereocenters. The van der Waals surface area contributed by atoms with Crippen LogP contribution in [0.15, 0.2) is 54.6 Å². The van der Waals surface area contributed by atoms with E-state index in [1.165, 1.54) is 12.1 Å². The normalized spacial score (nSPS) is 17.7. The molecule has 0 aliphatic carbocycles. The van der Waals surface area contributed by atoms with E-state index < -0.39 is 0 Å². The summed E-state index contributed by atoms with van der Waals surface area (Å²) in [4.78, 5) is 4.76. The molecule has 0 spiro atoms. The third-order valence-corrected chi connectivity index (χ3v) is 4.18. The van der Waals surface area contributed by atoms with Crippen LogP contribution in [-0.4, -0.2) is 28.3 Å². The Labute approximate surface area is 129 Å². The lowest BCUT2D eigenvalue weighted by Gasteiger charge is -2.03. The molecule has 0 amide bonds. The molecular formula is C18H18N4. The highest BCUT2D eigenvalue weighted by Gasteiger charge is 2.19. The van der Waals surface area contributed by atoms with Crippen molar-refractivity contribution in [3.05, 3.63) is 60.3 Å². The monoisotopic (exact) mass is 290 g/mol. The Hall–Kier alpha value is -2.46. The summed E-state index contributed by atoms with van der Waals surface area (Å²) in [6.45, 7) is 2.11. The Kier molecular flexibility index (Phi) is 3.45. The standard InChI is InChI=1S/C18H18N4/c1-2-5-13(6-3-1)15-7-4-8-16(20-15)18-11-17(21-22-18)14-9-10-19-12-14/h1-8,11,14,19H,9-10,12H2,(H,21,22). The van der Waals surface area contributed by atoms with E-state index in [1.54, 1.807) is 0 Å². The number of rotatable bonds is 3. The van der Waals surface area contributed by atoms with Crippen molar-refractivity contribution in [1.82, 2.24) is 20.5 Å². The van der Waals surface area contributed by atoms with Gasteiger partial charge in [0.05, 0.1) is 11.4 Å². The maximum Gasteiger partial charge on any atom is 0.111 e. The van der Waals surface area contributed by atoms with Gasteiger partial charge in [0, 0.05) is 23.7 Å². The minimum absolute atomic E-state index is 0.540. The Morgan fingerprint density at radius 1 is 0.909 bits per heavy atom. The first kappa shape index (κ1) is 13.2. The van der Waals surface area contributed by atoms with Gasteiger partial charge in [0.1, 0.15) is 5.69 Å². The molecule has 1 saturated heterocycles. The van der Waals surface area contributed by atoms with E-state index in [4.69, 9.17) is 4.98 Å². The fourth-order valence-electron chi connectivity index (χ4n) is 2.94. The van der Waals surface area contributed by atoms with Gasteiger partial charge in [-0.15, -0.1) is 0 Å². The third-order valence-electron chi connectivity index (χ3n) is 4.18. The second-order valence-electron chi connectivity index (χ2n) is 5.67. The number of nitrogens with zero attached hydrogens (tertiary/aromatic N) is 2. The molecule has 4 heteroatoms. The predicted octanol–water partition coefficient (Wildman–Crippen LogP) is 3.22. The minimum atomic E-state index is 0.540. The largest absolute Gasteiger partial charge is 0.316 e. The summed E-state index contributed by atoms with van der Waals surface area (Å²) in [5.74, 6) is 0.540. The molecule has 22 heavy (non-hydrogen) atoms. The van der Waals surface area contributed by atoms with Crippen molar-refractivity contribution in [1.29, 1.82) is 0 Å². The first-order valence-corrected chi connectivity index (χ1v) is 7.69. The smallest absolute Gasteiger partial charge is 0.111 e. The highest BCUT2D eigenvalue weighted by Crippen LogP contribution is 2.26. The molecular weight excluding hydrogens is 272 g/mol. The number of aromatic amines is 1. The topological polar surface area (TPSA) is 53.6 Å². The van der Waals surface area contributed by atoms with Crippen molar-refractivity contribution in [3.8, 4) is 22.6 Å². The van der Waals surface area contributed by atoms with Crippen molar-refractivity contribution in [2.24, 2.45) is 0 Å². The molecule has 0 radical (unpaired) electrons. The molecule has 110 valence electrons. The van der Waals surface area contributed by atoms with E-state index in [1.807, 2.05) is 36.4 Å². The second-order valence-corrected chi connectivity index (χ2v) is 5.67. The van der Waals surface area contributed by atoms with Gasteiger partial charge in [-0.2, -0.15) is 5.10 Å². The lowest BCUT2D eigenvalue weighted by Crippen LogP contribution is -2.08. The molecule has 1 aliphatic heterocycles. The molecule has 4 nitrogen and oxygen atoms in total. The van der Waals surface area contributed by atoms with Crippen LogP contribution < -0.4 is 5.32 Å². The van der Waals surface area contributed by atoms with Crippen LogP contribution in [0.1, 0.15) is 18.0 Å². The van der Waals surface area contributed by atoms with E-state index in [2.05, 4.69) is 33.7 Å². The molecule has 0 saturated carbocycles. The van der Waals surface area contributed by atoms with Gasteiger partial charge < -0.3 is 5.32 Å². The van der Waals surface area contributed by atoms with E-state index >= 15 is 0 Å². The van der Waals surface area contributed by atoms with E-state index in [-0.39, 0.29) is 0 Å². The fraction of sp³-hybridized carbons (Fsp3) is 0.222. The predicted molar refractivity (Wildman–Crippen MR) is 87.5 cm³/mol. The molecule has 1 fully saturated rings. The molecule has 4 rings (SSSR count). The van der Waals surface area contributed by atoms with Crippen molar-refractivity contribution in [2.75, 3.05) is 13.1 Å². The van der Waals surface area contributed by atoms with E-state index in [0.717, 1.165) is 35.7 Å². The first-order valence-electron chi connectivity index (χ1n) is 7.69. The fourth-order valence-corrected chi connectivity index (χ4v) is 2.94. The summed E-state index contributed by atoms with van der Waals surface area (Å²) in [5.41, 5.74) is 5.13. The van der Waals surface area contributed by atoms with Gasteiger partial charge in [-0.3, -0.25) is 5.10 Å². The zero-order valence-corrected chi connectivity index (χ0v) is 12.3. The Bertz CT molecular complexity index is 758. The third kappa shape index (κ3) is 2.53. The lowest BCUT2D eigenvalue weighted by atomic mass is 10.0. The molecule has 0 bridgehead atoms. The van der Waals surface area contributed by atoms with Gasteiger partial charge in [-0.25, -0.2) is 4.98 Å². The molecule has 2 N–H and O–H groups in total. The van der Waals surface area contributed by atoms with Gasteiger partial charge in [0.2, 0.25) is 0 Å². The van der Waals surface area contributed by atoms with Crippen LogP contribution in [0.2, 0.25) is 0 Å². The second kappa shape index (κ2) is 5.73. The Morgan fingerprint density at radius 2 is 1.77 bits per heavy atom. The number of H-pyrrole nitrogens is 1. The number of hydrogen-bond donors (Lipinski definition) is 2. The quantitative estimate of drug-likeness (QED) is 0.778. The average Bonchev–Trinajstić information content (AvgIpc) is 3.27. The van der Waals surface area contributed by atoms with Crippen LogP contribution in [-0.2, 0) is 0 Å². The zero-order chi connectivity index (χ0) is 14.8. The minimum Gasteiger partial charge on any atom is -0.316 e. The molecule has 2 aromatic heterocycles. The summed E-state index contributed by atoms with van der Waals surface area (Å²) in [5, 5.41) is 11.0. The van der Waals surface area contributed by atoms with Crippen LogP contribution in [0, 0.1) is 0 Å². The highest BCUT2D eigenvalue weighted by atomic mass is 15.1. The van der Waals surface area contributed by atoms with Crippen LogP contribution >= 0.6 is 0 Å². The molecule has 3 aromatic rings. The summed E-state index contributed by atoms with van der Waals surface area (Å²) in [7, 11) is 0. The molecule has 1 aromatic carbocycles. The summed E-state index contributed by atoms with van der Waals surface area (Å²) < 4.78 is 0. The molecule has 1 aliphatic rings. The van der Waals surface area contributed by atoms with E-state index in [0.29, 0.717) is 5.92 Å². The Balaban J connectivity index is 1.65. The number of benzene rings is 1. The lowest BCUT2D eigenvalue weighted by molar-refractivity contribution is 0.729. The maximum absolute atomic E-state index is 4.76. The molecule has 1 unspecified atom stereocenters. The number of pyridine rings is 1. The average molecular weight is 290 g/mol. The van der Waals surface area contributed by atoms with Gasteiger partial charge in [-0.05, 0) is 31.2 Å². The molecule has 3 heterocycles. The summed E-state index contributed by atoms with van der Waals surface area (Å²) in [6.07, 6.45) is 1.17. The van der Waals surface area contributed by atoms with Crippen LogP contribution in [0.4, 0.5) is 0 Å². The van der Waals surface area contributed by atoms with Crippen LogP contribution in [0.25, 0.3) is 22.6 Å². The van der Waals surface area contributed by atoms with Crippen LogP contribution in [0.5, 0.6) is 0 Å². The SMILES string of the molecule is c1ccc(-c2cccc(-c3cc(C4CCNC4)[nH]n3)n2)cc1. The van der Waals surface area contributed by atoms with Crippen molar-refractivity contribution in [2.45, 2.75) is 12.3 Å². The highest BCUT2D eigenvalue weighted by molar-refractivity contribution is 5.64. The number of aromatic nitrogens is 3. The van der Waals surface area contributed by atoms with Crippen LogP contribution in [0.3, 0.4) is 0 Å². The van der Waals surface area contributed by atoms with Crippen molar-refractivity contribution >= 4 is 0 Å². The van der Waals surface area contributed by atoms with Gasteiger partial charge >= 0.3 is 0 Å². The van der Waals surface area contributed by atoms with E-state index in [9.17, 15) is 0 Å². The first-order chi connectivity index (χ1) is 10.9. The van der Waals surface area contributed by atoms with Gasteiger partial charge in [-0.1, -0.05) is 36.4 Å². The number of nitrogens with one attached hydrogen (secondary N) is 2. The summed E-state index contributed by atoms with van der Waals surface area (Å²) in [6, 6.07) is 18.5. The maximum atomic E-state index is 4.76. The Morgan fingerprint density at radius 3 is 2.59 bits per heavy atom. The van der Waals surface area contributed by atoms with Crippen molar-refractivity contribution < 1.29 is 0 Å². The van der Waals surface area contributed by atoms with Crippen molar-refractivity contribution in [3.63, 3.8) is 0 Å². The van der Waals surface area contributed by atoms with Gasteiger partial charge in [0.15, 0.2) is 0 Å². The number of hydrogen-bond acceptors (Lipinski definition) is 3. The summed E-state index contributed by atoms with van der Waals surface area (Å²) >= 11 is 0. The van der Waals surface area contributed by atoms with Gasteiger partial charge in [0.25, 0.3) is 0 Å². The zero-order valence-electron chi connectivity index (χ0n) is 12.3.